The first-order valence-electron chi connectivity index (χ1n) is 7.04. The maximum absolute atomic E-state index is 5.75. The van der Waals surface area contributed by atoms with Crippen LogP contribution in [0.25, 0.3) is 0 Å². The number of aryl methyl sites for hydroxylation is 2. The van der Waals surface area contributed by atoms with Crippen LogP contribution in [-0.2, 0) is 6.42 Å². The Bertz CT molecular complexity index is 529. The van der Waals surface area contributed by atoms with Crippen LogP contribution in [0.4, 0.5) is 5.95 Å². The van der Waals surface area contributed by atoms with Gasteiger partial charge in [-0.05, 0) is 32.3 Å². The Labute approximate surface area is 120 Å². The van der Waals surface area contributed by atoms with Gasteiger partial charge in [0.1, 0.15) is 0 Å². The first kappa shape index (κ1) is 14.3. The van der Waals surface area contributed by atoms with Crippen molar-refractivity contribution < 1.29 is 4.74 Å². The summed E-state index contributed by atoms with van der Waals surface area (Å²) in [6, 6.07) is 10.4. The smallest absolute Gasteiger partial charge is 0.225 e. The van der Waals surface area contributed by atoms with Gasteiger partial charge in [0.05, 0.1) is 6.61 Å². The Kier molecular flexibility index (Phi) is 5.35. The van der Waals surface area contributed by atoms with E-state index in [-0.39, 0.29) is 0 Å². The minimum absolute atomic E-state index is 0.621. The topological polar surface area (TPSA) is 47.0 Å². The van der Waals surface area contributed by atoms with Gasteiger partial charge in [-0.1, -0.05) is 30.3 Å². The Hall–Kier alpha value is -2.10. The molecule has 106 valence electrons. The summed E-state index contributed by atoms with van der Waals surface area (Å²) in [5, 5.41) is 3.09. The highest BCUT2D eigenvalue weighted by Crippen LogP contribution is 2.15. The zero-order chi connectivity index (χ0) is 14.2. The Morgan fingerprint density at radius 3 is 2.75 bits per heavy atom. The molecule has 0 aliphatic heterocycles. The molecule has 0 saturated carbocycles. The number of hydrogen-bond donors (Lipinski definition) is 1. The quantitative estimate of drug-likeness (QED) is 0.785. The molecule has 2 rings (SSSR count). The van der Waals surface area contributed by atoms with E-state index in [9.17, 15) is 0 Å². The molecular formula is C16H21N3O. The van der Waals surface area contributed by atoms with Gasteiger partial charge in [0.15, 0.2) is 0 Å². The fourth-order valence-electron chi connectivity index (χ4n) is 1.91. The van der Waals surface area contributed by atoms with Crippen molar-refractivity contribution >= 4 is 5.95 Å². The molecule has 4 heteroatoms. The summed E-state index contributed by atoms with van der Waals surface area (Å²) in [5.74, 6) is 1.29. The van der Waals surface area contributed by atoms with Crippen molar-refractivity contribution in [2.75, 3.05) is 18.5 Å². The van der Waals surface area contributed by atoms with E-state index in [1.807, 2.05) is 19.9 Å². The highest BCUT2D eigenvalue weighted by molar-refractivity contribution is 5.32. The number of hydrogen-bond acceptors (Lipinski definition) is 4. The van der Waals surface area contributed by atoms with Crippen molar-refractivity contribution in [2.24, 2.45) is 0 Å². The van der Waals surface area contributed by atoms with Gasteiger partial charge in [-0.3, -0.25) is 0 Å². The minimum atomic E-state index is 0.621. The number of aromatic nitrogens is 2. The maximum atomic E-state index is 5.75. The van der Waals surface area contributed by atoms with E-state index < -0.39 is 0 Å². The average Bonchev–Trinajstić information content (AvgIpc) is 2.48. The molecular weight excluding hydrogens is 250 g/mol. The van der Waals surface area contributed by atoms with E-state index >= 15 is 0 Å². The second-order valence-electron chi connectivity index (χ2n) is 4.65. The molecule has 0 aliphatic rings. The summed E-state index contributed by atoms with van der Waals surface area (Å²) in [5.41, 5.74) is 2.30. The van der Waals surface area contributed by atoms with E-state index in [1.165, 1.54) is 5.56 Å². The summed E-state index contributed by atoms with van der Waals surface area (Å²) in [7, 11) is 0. The van der Waals surface area contributed by atoms with E-state index in [4.69, 9.17) is 4.74 Å². The van der Waals surface area contributed by atoms with Gasteiger partial charge in [0.2, 0.25) is 11.8 Å². The minimum Gasteiger partial charge on any atom is -0.477 e. The van der Waals surface area contributed by atoms with Gasteiger partial charge in [-0.25, -0.2) is 4.98 Å². The first-order valence-corrected chi connectivity index (χ1v) is 7.04. The monoisotopic (exact) mass is 271 g/mol. The van der Waals surface area contributed by atoms with Crippen LogP contribution < -0.4 is 10.1 Å². The lowest BCUT2D eigenvalue weighted by Gasteiger charge is -2.09. The van der Waals surface area contributed by atoms with E-state index in [1.54, 1.807) is 6.20 Å². The van der Waals surface area contributed by atoms with Crippen molar-refractivity contribution in [3.8, 4) is 5.88 Å². The summed E-state index contributed by atoms with van der Waals surface area (Å²) in [4.78, 5) is 8.56. The molecule has 1 aromatic heterocycles. The molecule has 1 N–H and O–H groups in total. The molecule has 1 heterocycles. The third kappa shape index (κ3) is 4.23. The molecule has 4 nitrogen and oxygen atoms in total. The van der Waals surface area contributed by atoms with Gasteiger partial charge >= 0.3 is 0 Å². The third-order valence-electron chi connectivity index (χ3n) is 2.95. The number of rotatable bonds is 7. The largest absolute Gasteiger partial charge is 0.477 e. The molecule has 1 aromatic carbocycles. The van der Waals surface area contributed by atoms with Crippen LogP contribution >= 0.6 is 0 Å². The maximum Gasteiger partial charge on any atom is 0.225 e. The second-order valence-corrected chi connectivity index (χ2v) is 4.65. The fourth-order valence-corrected chi connectivity index (χ4v) is 1.91. The van der Waals surface area contributed by atoms with Crippen molar-refractivity contribution in [3.63, 3.8) is 0 Å². The van der Waals surface area contributed by atoms with Crippen LogP contribution in [0.5, 0.6) is 5.88 Å². The summed E-state index contributed by atoms with van der Waals surface area (Å²) in [6.45, 7) is 5.45. The standard InChI is InChI=1S/C16H21N3O/c1-3-17-16-18-12-13(2)15(19-16)20-11-7-10-14-8-5-4-6-9-14/h4-6,8-9,12H,3,7,10-11H2,1-2H3,(H,17,18,19). The van der Waals surface area contributed by atoms with Crippen molar-refractivity contribution in [2.45, 2.75) is 26.7 Å². The molecule has 2 aromatic rings. The van der Waals surface area contributed by atoms with E-state index in [0.29, 0.717) is 18.4 Å². The molecule has 0 unspecified atom stereocenters. The van der Waals surface area contributed by atoms with E-state index in [0.717, 1.165) is 24.9 Å². The number of nitrogens with one attached hydrogen (secondary N) is 1. The molecule has 0 aliphatic carbocycles. The van der Waals surface area contributed by atoms with Crippen LogP contribution in [0.1, 0.15) is 24.5 Å². The average molecular weight is 271 g/mol. The molecule has 0 atom stereocenters. The summed E-state index contributed by atoms with van der Waals surface area (Å²) in [6.07, 6.45) is 3.78. The predicted octanol–water partition coefficient (Wildman–Crippen LogP) is 3.23. The van der Waals surface area contributed by atoms with Crippen molar-refractivity contribution in [3.05, 3.63) is 47.7 Å². The van der Waals surface area contributed by atoms with Gasteiger partial charge in [0.25, 0.3) is 0 Å². The van der Waals surface area contributed by atoms with E-state index in [2.05, 4.69) is 39.6 Å². The molecule has 0 spiro atoms. The SMILES string of the molecule is CCNc1ncc(C)c(OCCCc2ccccc2)n1. The molecule has 0 bridgehead atoms. The van der Waals surface area contributed by atoms with Crippen LogP contribution in [-0.4, -0.2) is 23.1 Å². The second kappa shape index (κ2) is 7.48. The van der Waals surface area contributed by atoms with Crippen molar-refractivity contribution in [1.82, 2.24) is 9.97 Å². The molecule has 0 amide bonds. The number of nitrogens with zero attached hydrogens (tertiary/aromatic N) is 2. The number of benzene rings is 1. The Balaban J connectivity index is 1.83. The number of anilines is 1. The van der Waals surface area contributed by atoms with Gasteiger partial charge in [-0.15, -0.1) is 0 Å². The first-order chi connectivity index (χ1) is 9.79. The highest BCUT2D eigenvalue weighted by atomic mass is 16.5. The molecule has 0 radical (unpaired) electrons. The lowest BCUT2D eigenvalue weighted by Crippen LogP contribution is -2.07. The van der Waals surface area contributed by atoms with Crippen LogP contribution in [0, 0.1) is 6.92 Å². The lowest BCUT2D eigenvalue weighted by molar-refractivity contribution is 0.297. The van der Waals surface area contributed by atoms with Crippen LogP contribution in [0.15, 0.2) is 36.5 Å². The van der Waals surface area contributed by atoms with Crippen LogP contribution in [0.3, 0.4) is 0 Å². The van der Waals surface area contributed by atoms with Gasteiger partial charge in [-0.2, -0.15) is 4.98 Å². The van der Waals surface area contributed by atoms with Crippen molar-refractivity contribution in [1.29, 1.82) is 0 Å². The molecule has 0 saturated heterocycles. The molecule has 20 heavy (non-hydrogen) atoms. The van der Waals surface area contributed by atoms with Gasteiger partial charge in [0, 0.05) is 18.3 Å². The predicted molar refractivity (Wildman–Crippen MR) is 81.2 cm³/mol. The lowest BCUT2D eigenvalue weighted by atomic mass is 10.1. The highest BCUT2D eigenvalue weighted by Gasteiger charge is 2.04. The molecule has 0 fully saturated rings. The Morgan fingerprint density at radius 2 is 2.00 bits per heavy atom. The third-order valence-corrected chi connectivity index (χ3v) is 2.95. The fraction of sp³-hybridized carbons (Fsp3) is 0.375. The zero-order valence-electron chi connectivity index (χ0n) is 12.1. The normalized spacial score (nSPS) is 10.3. The van der Waals surface area contributed by atoms with Gasteiger partial charge < -0.3 is 10.1 Å². The number of ether oxygens (including phenoxy) is 1. The Morgan fingerprint density at radius 1 is 1.20 bits per heavy atom. The summed E-state index contributed by atoms with van der Waals surface area (Å²) >= 11 is 0. The summed E-state index contributed by atoms with van der Waals surface area (Å²) < 4.78 is 5.75. The zero-order valence-corrected chi connectivity index (χ0v) is 12.1. The van der Waals surface area contributed by atoms with Crippen LogP contribution in [0.2, 0.25) is 0 Å².